The number of carbonyl (C=O) groups excluding carboxylic acids is 2. The van der Waals surface area contributed by atoms with Crippen LogP contribution in [0.15, 0.2) is 53.1 Å². The van der Waals surface area contributed by atoms with Crippen LogP contribution in [0.1, 0.15) is 31.2 Å². The molecule has 150 valence electrons. The molecule has 2 heterocycles. The van der Waals surface area contributed by atoms with Crippen LogP contribution in [0.25, 0.3) is 17.3 Å². The monoisotopic (exact) mass is 447 g/mol. The van der Waals surface area contributed by atoms with Gasteiger partial charge >= 0.3 is 0 Å². The van der Waals surface area contributed by atoms with Gasteiger partial charge < -0.3 is 0 Å². The lowest BCUT2D eigenvalue weighted by atomic mass is 9.93. The minimum Gasteiger partial charge on any atom is -0.278 e. The molecule has 1 N–H and O–H groups in total. The second kappa shape index (κ2) is 8.38. The number of amides is 2. The molecular formula is C21H19Cl2N3O2S. The zero-order valence-corrected chi connectivity index (χ0v) is 17.9. The van der Waals surface area contributed by atoms with Crippen molar-refractivity contribution in [2.45, 2.75) is 30.0 Å². The van der Waals surface area contributed by atoms with Gasteiger partial charge in [0.15, 0.2) is 0 Å². The summed E-state index contributed by atoms with van der Waals surface area (Å²) in [4.78, 5) is 26.9. The van der Waals surface area contributed by atoms with E-state index in [0.29, 0.717) is 30.6 Å². The van der Waals surface area contributed by atoms with Crippen LogP contribution in [0.5, 0.6) is 0 Å². The Hall–Kier alpha value is -2.02. The number of nitrogens with one attached hydrogen (secondary N) is 1. The van der Waals surface area contributed by atoms with Gasteiger partial charge in [-0.1, -0.05) is 42.0 Å². The van der Waals surface area contributed by atoms with E-state index in [0.717, 1.165) is 34.2 Å². The minimum absolute atomic E-state index is 0.217. The second-order valence-corrected chi connectivity index (χ2v) is 9.67. The first-order chi connectivity index (χ1) is 13.9. The number of alkyl halides is 2. The molecule has 0 bridgehead atoms. The molecule has 0 spiro atoms. The Morgan fingerprint density at radius 3 is 2.52 bits per heavy atom. The van der Waals surface area contributed by atoms with Crippen LogP contribution in [-0.4, -0.2) is 37.1 Å². The zero-order valence-electron chi connectivity index (χ0n) is 15.5. The largest absolute Gasteiger partial charge is 0.293 e. The predicted octanol–water partition coefficient (Wildman–Crippen LogP) is 5.79. The number of carbonyl (C=O) groups is 2. The van der Waals surface area contributed by atoms with Crippen molar-refractivity contribution in [3.8, 4) is 11.3 Å². The summed E-state index contributed by atoms with van der Waals surface area (Å²) in [6, 6.07) is 9.86. The minimum atomic E-state index is -0.726. The summed E-state index contributed by atoms with van der Waals surface area (Å²) in [7, 11) is 0. The number of benzene rings is 1. The molecule has 1 aromatic heterocycles. The van der Waals surface area contributed by atoms with Gasteiger partial charge in [0.1, 0.15) is 4.33 Å². The number of aromatic nitrogens is 2. The number of hydrogen-bond acceptors (Lipinski definition) is 4. The third-order valence-electron chi connectivity index (χ3n) is 5.08. The van der Waals surface area contributed by atoms with Crippen LogP contribution < -0.4 is 0 Å². The molecule has 2 aliphatic rings. The van der Waals surface area contributed by atoms with Gasteiger partial charge in [0.25, 0.3) is 11.1 Å². The van der Waals surface area contributed by atoms with Gasteiger partial charge in [0.05, 0.1) is 10.6 Å². The number of rotatable bonds is 4. The number of allylic oxidation sites excluding steroid dienone is 1. The highest BCUT2D eigenvalue weighted by Crippen LogP contribution is 2.44. The van der Waals surface area contributed by atoms with Gasteiger partial charge in [-0.3, -0.25) is 19.6 Å². The number of H-pyrrole nitrogens is 1. The highest BCUT2D eigenvalue weighted by Gasteiger charge is 2.38. The molecule has 8 heteroatoms. The van der Waals surface area contributed by atoms with Crippen LogP contribution in [0.2, 0.25) is 0 Å². The number of nitrogens with zero attached hydrogens (tertiary/aromatic N) is 2. The SMILES string of the molecule is O=C1SC(=C2CCC(Cl)(Cl)CC2)C(=O)N1C/C=C/c1ccc(-c2ccn[nH]2)cc1. The maximum atomic E-state index is 12.7. The van der Waals surface area contributed by atoms with Gasteiger partial charge in [-0.25, -0.2) is 0 Å². The third-order valence-corrected chi connectivity index (χ3v) is 6.89. The van der Waals surface area contributed by atoms with Gasteiger partial charge in [0, 0.05) is 12.7 Å². The van der Waals surface area contributed by atoms with Gasteiger partial charge in [-0.2, -0.15) is 5.10 Å². The summed E-state index contributed by atoms with van der Waals surface area (Å²) in [5.41, 5.74) is 3.98. The lowest BCUT2D eigenvalue weighted by molar-refractivity contribution is -0.122. The molecule has 0 unspecified atom stereocenters. The Labute approximate surface area is 183 Å². The third kappa shape index (κ3) is 4.60. The van der Waals surface area contributed by atoms with Crippen molar-refractivity contribution in [2.75, 3.05) is 6.54 Å². The average molecular weight is 448 g/mol. The van der Waals surface area contributed by atoms with Crippen molar-refractivity contribution in [1.29, 1.82) is 0 Å². The smallest absolute Gasteiger partial charge is 0.278 e. The molecule has 2 amide bonds. The van der Waals surface area contributed by atoms with Gasteiger partial charge in [-0.05, 0) is 54.6 Å². The summed E-state index contributed by atoms with van der Waals surface area (Å²) in [6.45, 7) is 0.249. The maximum absolute atomic E-state index is 12.7. The topological polar surface area (TPSA) is 66.1 Å². The Morgan fingerprint density at radius 2 is 1.86 bits per heavy atom. The number of hydrogen-bond donors (Lipinski definition) is 1. The summed E-state index contributed by atoms with van der Waals surface area (Å²) in [6.07, 6.45) is 7.96. The average Bonchev–Trinajstić information content (AvgIpc) is 3.33. The quantitative estimate of drug-likeness (QED) is 0.475. The van der Waals surface area contributed by atoms with E-state index in [1.807, 2.05) is 42.5 Å². The van der Waals surface area contributed by atoms with E-state index >= 15 is 0 Å². The molecule has 0 atom stereocenters. The van der Waals surface area contributed by atoms with Crippen molar-refractivity contribution < 1.29 is 9.59 Å². The lowest BCUT2D eigenvalue weighted by Gasteiger charge is -2.26. The first-order valence-corrected chi connectivity index (χ1v) is 10.9. The number of imide groups is 1. The van der Waals surface area contributed by atoms with E-state index in [9.17, 15) is 9.59 Å². The summed E-state index contributed by atoms with van der Waals surface area (Å²) < 4.78 is -0.726. The fourth-order valence-corrected chi connectivity index (χ4v) is 4.77. The first-order valence-electron chi connectivity index (χ1n) is 9.33. The molecular weight excluding hydrogens is 429 g/mol. The highest BCUT2D eigenvalue weighted by molar-refractivity contribution is 8.18. The molecule has 5 nitrogen and oxygen atoms in total. The van der Waals surface area contributed by atoms with Crippen molar-refractivity contribution in [3.05, 3.63) is 58.6 Å². The fourth-order valence-electron chi connectivity index (χ4n) is 3.40. The van der Waals surface area contributed by atoms with Crippen LogP contribution in [0.4, 0.5) is 4.79 Å². The fraction of sp³-hybridized carbons (Fsp3) is 0.286. The number of aromatic amines is 1. The molecule has 1 saturated heterocycles. The lowest BCUT2D eigenvalue weighted by Crippen LogP contribution is -2.28. The van der Waals surface area contributed by atoms with Crippen molar-refractivity contribution in [1.82, 2.24) is 15.1 Å². The molecule has 2 aromatic rings. The zero-order chi connectivity index (χ0) is 20.4. The van der Waals surface area contributed by atoms with Crippen molar-refractivity contribution >= 4 is 52.2 Å². The van der Waals surface area contributed by atoms with E-state index in [4.69, 9.17) is 23.2 Å². The summed E-state index contributed by atoms with van der Waals surface area (Å²) >= 11 is 13.3. The van der Waals surface area contributed by atoms with Crippen LogP contribution >= 0.6 is 35.0 Å². The second-order valence-electron chi connectivity index (χ2n) is 7.07. The van der Waals surface area contributed by atoms with E-state index < -0.39 is 4.33 Å². The molecule has 1 saturated carbocycles. The Kier molecular flexibility index (Phi) is 5.86. The molecule has 29 heavy (non-hydrogen) atoms. The molecule has 2 fully saturated rings. The number of thioether (sulfide) groups is 1. The van der Waals surface area contributed by atoms with Crippen LogP contribution in [0, 0.1) is 0 Å². The van der Waals surface area contributed by atoms with E-state index in [1.54, 1.807) is 6.20 Å². The van der Waals surface area contributed by atoms with Crippen LogP contribution in [0.3, 0.4) is 0 Å². The maximum Gasteiger partial charge on any atom is 0.293 e. The molecule has 0 radical (unpaired) electrons. The molecule has 1 aromatic carbocycles. The summed E-state index contributed by atoms with van der Waals surface area (Å²) in [5, 5.41) is 6.64. The molecule has 1 aliphatic heterocycles. The summed E-state index contributed by atoms with van der Waals surface area (Å²) in [5.74, 6) is -0.217. The van der Waals surface area contributed by atoms with E-state index in [-0.39, 0.29) is 17.7 Å². The molecule has 4 rings (SSSR count). The number of halogens is 2. The first kappa shape index (κ1) is 20.3. The predicted molar refractivity (Wildman–Crippen MR) is 118 cm³/mol. The standard InChI is InChI=1S/C21H19Cl2N3O2S/c22-21(23)10-7-16(8-11-21)18-19(27)26(20(28)29-18)13-1-2-14-3-5-15(6-4-14)17-9-12-24-25-17/h1-6,9,12H,7-8,10-11,13H2,(H,24,25)/b2-1+. The van der Waals surface area contributed by atoms with Gasteiger partial charge in [-0.15, -0.1) is 23.2 Å². The van der Waals surface area contributed by atoms with Crippen LogP contribution in [-0.2, 0) is 4.79 Å². The van der Waals surface area contributed by atoms with Crippen molar-refractivity contribution in [2.24, 2.45) is 0 Å². The Bertz CT molecular complexity index is 970. The van der Waals surface area contributed by atoms with E-state index in [2.05, 4.69) is 10.2 Å². The highest BCUT2D eigenvalue weighted by atomic mass is 35.5. The van der Waals surface area contributed by atoms with Gasteiger partial charge in [0.2, 0.25) is 0 Å². The Morgan fingerprint density at radius 1 is 1.14 bits per heavy atom. The van der Waals surface area contributed by atoms with Crippen molar-refractivity contribution in [3.63, 3.8) is 0 Å². The van der Waals surface area contributed by atoms with E-state index in [1.165, 1.54) is 4.90 Å². The normalized spacial score (nSPS) is 19.6. The Balaban J connectivity index is 1.39. The molecule has 1 aliphatic carbocycles.